The number of fused-ring (bicyclic) bond motifs is 4. The Hall–Kier alpha value is -6.26. The van der Waals surface area contributed by atoms with E-state index in [1.807, 2.05) is 36.4 Å². The first kappa shape index (κ1) is 32.6. The van der Waals surface area contributed by atoms with Crippen LogP contribution in [0.4, 0.5) is 22.7 Å². The van der Waals surface area contributed by atoms with Crippen LogP contribution >= 0.6 is 0 Å². The SMILES string of the molecule is CC(C)(C)N1CCCc2c(-c3c(N(c4cccc(Oc5ccccc5)c4)c4cccc(-c5ccccc5)c4)ccc4oc5ccccc5c34)cccc21. The number of anilines is 4. The molecule has 0 unspecified atom stereocenters. The van der Waals surface area contributed by atoms with Gasteiger partial charge in [-0.2, -0.15) is 0 Å². The second-order valence-electron chi connectivity index (χ2n) is 14.8. The van der Waals surface area contributed by atoms with Crippen molar-refractivity contribution in [3.05, 3.63) is 169 Å². The summed E-state index contributed by atoms with van der Waals surface area (Å²) < 4.78 is 13.0. The third-order valence-corrected chi connectivity index (χ3v) is 10.4. The Balaban J connectivity index is 1.34. The van der Waals surface area contributed by atoms with E-state index in [2.05, 4.69) is 158 Å². The molecule has 7 aromatic carbocycles. The van der Waals surface area contributed by atoms with Gasteiger partial charge in [-0.1, -0.05) is 97.1 Å². The highest BCUT2D eigenvalue weighted by atomic mass is 16.5. The molecule has 9 rings (SSSR count). The zero-order valence-corrected chi connectivity index (χ0v) is 30.4. The van der Waals surface area contributed by atoms with Gasteiger partial charge in [-0.3, -0.25) is 0 Å². The summed E-state index contributed by atoms with van der Waals surface area (Å²) in [6.45, 7) is 7.99. The highest BCUT2D eigenvalue weighted by Crippen LogP contribution is 2.50. The monoisotopic (exact) mass is 690 g/mol. The van der Waals surface area contributed by atoms with E-state index in [0.29, 0.717) is 0 Å². The van der Waals surface area contributed by atoms with E-state index in [4.69, 9.17) is 9.15 Å². The van der Waals surface area contributed by atoms with Gasteiger partial charge >= 0.3 is 0 Å². The van der Waals surface area contributed by atoms with Crippen LogP contribution in [0.2, 0.25) is 0 Å². The summed E-state index contributed by atoms with van der Waals surface area (Å²) in [7, 11) is 0. The van der Waals surface area contributed by atoms with Crippen molar-refractivity contribution in [1.29, 1.82) is 0 Å². The lowest BCUT2D eigenvalue weighted by molar-refractivity contribution is 0.483. The van der Waals surface area contributed by atoms with E-state index in [1.54, 1.807) is 0 Å². The zero-order chi connectivity index (χ0) is 35.9. The van der Waals surface area contributed by atoms with Gasteiger partial charge in [0.15, 0.2) is 0 Å². The van der Waals surface area contributed by atoms with Gasteiger partial charge in [0.25, 0.3) is 0 Å². The molecule has 0 saturated carbocycles. The molecule has 0 saturated heterocycles. The van der Waals surface area contributed by atoms with Gasteiger partial charge in [0.1, 0.15) is 22.7 Å². The number of ether oxygens (including phenoxy) is 1. The quantitative estimate of drug-likeness (QED) is 0.166. The molecule has 0 fully saturated rings. The van der Waals surface area contributed by atoms with Gasteiger partial charge in [-0.15, -0.1) is 0 Å². The van der Waals surface area contributed by atoms with Crippen LogP contribution in [-0.2, 0) is 6.42 Å². The average Bonchev–Trinajstić information content (AvgIpc) is 3.57. The molecule has 1 aromatic heterocycles. The van der Waals surface area contributed by atoms with E-state index >= 15 is 0 Å². The van der Waals surface area contributed by atoms with Crippen molar-refractivity contribution >= 4 is 44.7 Å². The van der Waals surface area contributed by atoms with Crippen LogP contribution in [0, 0.1) is 0 Å². The van der Waals surface area contributed by atoms with Crippen molar-refractivity contribution in [1.82, 2.24) is 0 Å². The van der Waals surface area contributed by atoms with Crippen LogP contribution in [-0.4, -0.2) is 12.1 Å². The van der Waals surface area contributed by atoms with Crippen molar-refractivity contribution < 1.29 is 9.15 Å². The molecule has 8 aromatic rings. The van der Waals surface area contributed by atoms with E-state index in [1.165, 1.54) is 27.9 Å². The van der Waals surface area contributed by atoms with Crippen LogP contribution in [0.5, 0.6) is 11.5 Å². The third kappa shape index (κ3) is 6.10. The summed E-state index contributed by atoms with van der Waals surface area (Å²) in [5.74, 6) is 1.57. The predicted molar refractivity (Wildman–Crippen MR) is 221 cm³/mol. The first-order valence-electron chi connectivity index (χ1n) is 18.6. The van der Waals surface area contributed by atoms with Crippen LogP contribution in [0.3, 0.4) is 0 Å². The van der Waals surface area contributed by atoms with E-state index in [-0.39, 0.29) is 5.54 Å². The first-order valence-corrected chi connectivity index (χ1v) is 18.6. The van der Waals surface area contributed by atoms with Crippen molar-refractivity contribution in [3.63, 3.8) is 0 Å². The molecule has 4 nitrogen and oxygen atoms in total. The number of nitrogens with zero attached hydrogens (tertiary/aromatic N) is 2. The van der Waals surface area contributed by atoms with E-state index in [9.17, 15) is 0 Å². The Morgan fingerprint density at radius 1 is 0.604 bits per heavy atom. The van der Waals surface area contributed by atoms with Crippen molar-refractivity contribution in [3.8, 4) is 33.8 Å². The molecule has 0 amide bonds. The van der Waals surface area contributed by atoms with Crippen LogP contribution < -0.4 is 14.5 Å². The summed E-state index contributed by atoms with van der Waals surface area (Å²) in [6, 6.07) is 57.5. The Morgan fingerprint density at radius 2 is 1.28 bits per heavy atom. The molecule has 53 heavy (non-hydrogen) atoms. The second kappa shape index (κ2) is 13.4. The fourth-order valence-electron chi connectivity index (χ4n) is 8.01. The lowest BCUT2D eigenvalue weighted by atomic mass is 9.87. The standard InChI is InChI=1S/C49H42N2O2/c1-49(2,3)50-31-15-26-40-41(25-14-27-43(40)50)47-44(29-30-46-48(47)42-24-10-11-28-45(42)53-46)51(36-19-12-18-35(32-36)34-16-6-4-7-17-34)37-20-13-23-39(33-37)52-38-21-8-5-9-22-38/h4-14,16-25,27-30,32-33H,15,26,31H2,1-3H3. The van der Waals surface area contributed by atoms with Gasteiger partial charge in [0.05, 0.1) is 5.69 Å². The van der Waals surface area contributed by atoms with E-state index in [0.717, 1.165) is 75.4 Å². The maximum atomic E-state index is 6.59. The first-order chi connectivity index (χ1) is 25.9. The van der Waals surface area contributed by atoms with E-state index < -0.39 is 0 Å². The Kier molecular flexibility index (Phi) is 8.23. The topological polar surface area (TPSA) is 28.9 Å². The Bertz CT molecular complexity index is 2570. The summed E-state index contributed by atoms with van der Waals surface area (Å²) in [5, 5.41) is 2.24. The number of rotatable bonds is 7. The zero-order valence-electron chi connectivity index (χ0n) is 30.4. The number of furan rings is 1. The van der Waals surface area contributed by atoms with Crippen molar-refractivity contribution in [2.75, 3.05) is 16.3 Å². The molecule has 0 N–H and O–H groups in total. The fourth-order valence-corrected chi connectivity index (χ4v) is 8.01. The lowest BCUT2D eigenvalue weighted by Gasteiger charge is -2.42. The maximum absolute atomic E-state index is 6.59. The van der Waals surface area contributed by atoms with Crippen LogP contribution in [0.25, 0.3) is 44.2 Å². The summed E-state index contributed by atoms with van der Waals surface area (Å²) in [4.78, 5) is 4.97. The molecular weight excluding hydrogens is 649 g/mol. The molecule has 0 radical (unpaired) electrons. The highest BCUT2D eigenvalue weighted by Gasteiger charge is 2.30. The minimum absolute atomic E-state index is 0.00588. The number of benzene rings is 7. The normalized spacial score (nSPS) is 12.9. The van der Waals surface area contributed by atoms with Crippen LogP contribution in [0.1, 0.15) is 32.8 Å². The molecule has 1 aliphatic heterocycles. The minimum atomic E-state index is -0.00588. The maximum Gasteiger partial charge on any atom is 0.136 e. The van der Waals surface area contributed by atoms with Gasteiger partial charge in [-0.05, 0) is 117 Å². The summed E-state index contributed by atoms with van der Waals surface area (Å²) in [5.41, 5.74) is 12.3. The lowest BCUT2D eigenvalue weighted by Crippen LogP contribution is -2.44. The summed E-state index contributed by atoms with van der Waals surface area (Å²) in [6.07, 6.45) is 2.11. The fraction of sp³-hybridized carbons (Fsp3) is 0.143. The molecule has 260 valence electrons. The Labute approximate surface area is 311 Å². The van der Waals surface area contributed by atoms with Gasteiger partial charge in [0.2, 0.25) is 0 Å². The number of hydrogen-bond acceptors (Lipinski definition) is 4. The molecule has 4 heteroatoms. The predicted octanol–water partition coefficient (Wildman–Crippen LogP) is 13.7. The summed E-state index contributed by atoms with van der Waals surface area (Å²) >= 11 is 0. The van der Waals surface area contributed by atoms with Crippen molar-refractivity contribution in [2.24, 2.45) is 0 Å². The molecule has 0 spiro atoms. The second-order valence-corrected chi connectivity index (χ2v) is 14.8. The van der Waals surface area contributed by atoms with Crippen LogP contribution in [0.15, 0.2) is 168 Å². The highest BCUT2D eigenvalue weighted by molar-refractivity contribution is 6.17. The average molecular weight is 691 g/mol. The molecule has 0 bridgehead atoms. The molecule has 1 aliphatic rings. The largest absolute Gasteiger partial charge is 0.457 e. The van der Waals surface area contributed by atoms with Gasteiger partial charge in [-0.25, -0.2) is 0 Å². The molecule has 0 aliphatic carbocycles. The molecular formula is C49H42N2O2. The Morgan fingerprint density at radius 3 is 2.09 bits per heavy atom. The molecule has 2 heterocycles. The number of para-hydroxylation sites is 2. The van der Waals surface area contributed by atoms with Crippen molar-refractivity contribution in [2.45, 2.75) is 39.2 Å². The van der Waals surface area contributed by atoms with Gasteiger partial charge in [0, 0.05) is 51.5 Å². The number of hydrogen-bond donors (Lipinski definition) is 0. The molecule has 0 atom stereocenters. The third-order valence-electron chi connectivity index (χ3n) is 10.4. The smallest absolute Gasteiger partial charge is 0.136 e. The van der Waals surface area contributed by atoms with Gasteiger partial charge < -0.3 is 19.0 Å². The minimum Gasteiger partial charge on any atom is -0.457 e.